The van der Waals surface area contributed by atoms with E-state index < -0.39 is 5.79 Å². The Morgan fingerprint density at radius 3 is 2.15 bits per heavy atom. The zero-order valence-corrected chi connectivity index (χ0v) is 12.3. The SMILES string of the molecule is C=C1OC(CC)(CC2C3CC4CC(C3)CC2C4)OC1=O. The van der Waals surface area contributed by atoms with Crippen LogP contribution in [0.15, 0.2) is 12.3 Å². The predicted octanol–water partition coefficient (Wildman–Crippen LogP) is 3.64. The van der Waals surface area contributed by atoms with E-state index in [1.54, 1.807) is 0 Å². The van der Waals surface area contributed by atoms with Gasteiger partial charge in [0.15, 0.2) is 0 Å². The van der Waals surface area contributed by atoms with Gasteiger partial charge in [-0.1, -0.05) is 6.92 Å². The number of hydrogen-bond acceptors (Lipinski definition) is 3. The van der Waals surface area contributed by atoms with Crippen LogP contribution in [0.5, 0.6) is 0 Å². The third-order valence-corrected chi connectivity index (χ3v) is 6.32. The molecule has 3 nitrogen and oxygen atoms in total. The lowest BCUT2D eigenvalue weighted by Gasteiger charge is -2.55. The summed E-state index contributed by atoms with van der Waals surface area (Å²) < 4.78 is 11.3. The monoisotopic (exact) mass is 276 g/mol. The first kappa shape index (κ1) is 12.7. The number of hydrogen-bond donors (Lipinski definition) is 0. The van der Waals surface area contributed by atoms with Gasteiger partial charge in [-0.05, 0) is 68.3 Å². The molecule has 5 rings (SSSR count). The summed E-state index contributed by atoms with van der Waals surface area (Å²) in [7, 11) is 0. The van der Waals surface area contributed by atoms with E-state index in [2.05, 4.69) is 6.58 Å². The molecule has 0 N–H and O–H groups in total. The molecule has 20 heavy (non-hydrogen) atoms. The Balaban J connectivity index is 1.54. The molecule has 5 fully saturated rings. The minimum atomic E-state index is -0.714. The summed E-state index contributed by atoms with van der Waals surface area (Å²) in [4.78, 5) is 11.6. The standard InChI is InChI=1S/C17H24O3/c1-3-17(19-10(2)16(18)20-17)9-15-13-5-11-4-12(7-13)8-14(15)6-11/h11-15H,2-9H2,1H3. The van der Waals surface area contributed by atoms with Crippen LogP contribution in [0.3, 0.4) is 0 Å². The predicted molar refractivity (Wildman–Crippen MR) is 74.5 cm³/mol. The molecule has 0 aromatic carbocycles. The van der Waals surface area contributed by atoms with Crippen LogP contribution >= 0.6 is 0 Å². The molecule has 110 valence electrons. The number of carbonyl (C=O) groups excluding carboxylic acids is 1. The lowest BCUT2D eigenvalue weighted by molar-refractivity contribution is -0.191. The molecule has 4 bridgehead atoms. The molecule has 3 heteroatoms. The highest BCUT2D eigenvalue weighted by atomic mass is 16.8. The Bertz CT molecular complexity index is 409. The normalized spacial score (nSPS) is 49.4. The van der Waals surface area contributed by atoms with E-state index in [4.69, 9.17) is 9.47 Å². The zero-order chi connectivity index (χ0) is 13.9. The van der Waals surface area contributed by atoms with Crippen LogP contribution in [0.2, 0.25) is 0 Å². The van der Waals surface area contributed by atoms with E-state index in [1.807, 2.05) is 6.92 Å². The molecule has 0 amide bonds. The second-order valence-electron chi connectivity index (χ2n) is 7.48. The fraction of sp³-hybridized carbons (Fsp3) is 0.824. The third kappa shape index (κ3) is 1.82. The molecule has 5 aliphatic rings. The van der Waals surface area contributed by atoms with Gasteiger partial charge < -0.3 is 9.47 Å². The minimum absolute atomic E-state index is 0.190. The van der Waals surface area contributed by atoms with Crippen LogP contribution in [0.1, 0.15) is 51.9 Å². The number of rotatable bonds is 3. The second-order valence-corrected chi connectivity index (χ2v) is 7.48. The number of cyclic esters (lactones) is 1. The fourth-order valence-corrected chi connectivity index (χ4v) is 5.62. The van der Waals surface area contributed by atoms with Gasteiger partial charge in [-0.3, -0.25) is 0 Å². The van der Waals surface area contributed by atoms with Crippen molar-refractivity contribution in [3.05, 3.63) is 12.3 Å². The van der Waals surface area contributed by atoms with Gasteiger partial charge in [0.05, 0.1) is 0 Å². The summed E-state index contributed by atoms with van der Waals surface area (Å²) in [5.41, 5.74) is 0. The maximum absolute atomic E-state index is 11.6. The lowest BCUT2D eigenvalue weighted by atomic mass is 9.51. The Morgan fingerprint density at radius 1 is 1.10 bits per heavy atom. The molecule has 0 spiro atoms. The molecule has 0 aromatic rings. The first-order valence-electron chi connectivity index (χ1n) is 8.20. The van der Waals surface area contributed by atoms with Gasteiger partial charge in [0.25, 0.3) is 5.79 Å². The van der Waals surface area contributed by atoms with Crippen LogP contribution in [-0.2, 0) is 14.3 Å². The van der Waals surface area contributed by atoms with Crippen molar-refractivity contribution in [1.29, 1.82) is 0 Å². The van der Waals surface area contributed by atoms with Crippen molar-refractivity contribution in [2.45, 2.75) is 57.7 Å². The van der Waals surface area contributed by atoms with E-state index in [-0.39, 0.29) is 11.7 Å². The number of esters is 1. The van der Waals surface area contributed by atoms with Gasteiger partial charge >= 0.3 is 5.97 Å². The van der Waals surface area contributed by atoms with Gasteiger partial charge in [0, 0.05) is 12.8 Å². The maximum atomic E-state index is 11.6. The van der Waals surface area contributed by atoms with Crippen molar-refractivity contribution in [3.8, 4) is 0 Å². The average Bonchev–Trinajstić information content (AvgIpc) is 2.69. The summed E-state index contributed by atoms with van der Waals surface area (Å²) in [5, 5.41) is 0. The minimum Gasteiger partial charge on any atom is -0.445 e. The highest BCUT2D eigenvalue weighted by Crippen LogP contribution is 2.58. The molecule has 1 unspecified atom stereocenters. The summed E-state index contributed by atoms with van der Waals surface area (Å²) >= 11 is 0. The van der Waals surface area contributed by atoms with Crippen molar-refractivity contribution in [2.24, 2.45) is 29.6 Å². The van der Waals surface area contributed by atoms with Crippen LogP contribution in [0, 0.1) is 29.6 Å². The summed E-state index contributed by atoms with van der Waals surface area (Å²) in [6.45, 7) is 5.71. The molecule has 0 aromatic heterocycles. The Kier molecular flexibility index (Phi) is 2.71. The van der Waals surface area contributed by atoms with Gasteiger partial charge in [-0.15, -0.1) is 0 Å². The number of carbonyl (C=O) groups is 1. The van der Waals surface area contributed by atoms with E-state index in [0.717, 1.165) is 36.5 Å². The smallest absolute Gasteiger partial charge is 0.376 e. The van der Waals surface area contributed by atoms with Gasteiger partial charge in [-0.2, -0.15) is 0 Å². The highest BCUT2D eigenvalue weighted by molar-refractivity contribution is 5.87. The van der Waals surface area contributed by atoms with Gasteiger partial charge in [-0.25, -0.2) is 4.79 Å². The van der Waals surface area contributed by atoms with Crippen molar-refractivity contribution >= 4 is 5.97 Å². The molecule has 0 radical (unpaired) electrons. The first-order chi connectivity index (χ1) is 9.58. The van der Waals surface area contributed by atoms with Crippen LogP contribution < -0.4 is 0 Å². The molecule has 1 atom stereocenters. The molecule has 4 aliphatic carbocycles. The molecule has 1 heterocycles. The highest BCUT2D eigenvalue weighted by Gasteiger charge is 2.53. The molecule has 1 saturated heterocycles. The topological polar surface area (TPSA) is 35.5 Å². The Morgan fingerprint density at radius 2 is 1.70 bits per heavy atom. The quantitative estimate of drug-likeness (QED) is 0.583. The van der Waals surface area contributed by atoms with Crippen molar-refractivity contribution in [1.82, 2.24) is 0 Å². The summed E-state index contributed by atoms with van der Waals surface area (Å²) in [6.07, 6.45) is 8.65. The van der Waals surface area contributed by atoms with Crippen molar-refractivity contribution in [3.63, 3.8) is 0 Å². The molecule has 4 saturated carbocycles. The van der Waals surface area contributed by atoms with E-state index in [9.17, 15) is 4.79 Å². The van der Waals surface area contributed by atoms with Crippen molar-refractivity contribution < 1.29 is 14.3 Å². The largest absolute Gasteiger partial charge is 0.445 e. The van der Waals surface area contributed by atoms with E-state index in [0.29, 0.717) is 5.92 Å². The van der Waals surface area contributed by atoms with E-state index in [1.165, 1.54) is 32.1 Å². The van der Waals surface area contributed by atoms with Crippen LogP contribution in [0.4, 0.5) is 0 Å². The Hall–Kier alpha value is -0.990. The molecule has 1 aliphatic heterocycles. The first-order valence-corrected chi connectivity index (χ1v) is 8.20. The van der Waals surface area contributed by atoms with Crippen molar-refractivity contribution in [2.75, 3.05) is 0 Å². The van der Waals surface area contributed by atoms with Gasteiger partial charge in [0.1, 0.15) is 0 Å². The Labute approximate surface area is 120 Å². The summed E-state index contributed by atoms with van der Waals surface area (Å²) in [5.74, 6) is 3.43. The summed E-state index contributed by atoms with van der Waals surface area (Å²) in [6, 6.07) is 0. The number of ether oxygens (including phenoxy) is 2. The molecular formula is C17H24O3. The van der Waals surface area contributed by atoms with Gasteiger partial charge in [0.2, 0.25) is 5.76 Å². The van der Waals surface area contributed by atoms with E-state index >= 15 is 0 Å². The molecular weight excluding hydrogens is 252 g/mol. The second kappa shape index (κ2) is 4.25. The van der Waals surface area contributed by atoms with Crippen LogP contribution in [0.25, 0.3) is 0 Å². The zero-order valence-electron chi connectivity index (χ0n) is 12.3. The fourth-order valence-electron chi connectivity index (χ4n) is 5.62. The average molecular weight is 276 g/mol. The van der Waals surface area contributed by atoms with Crippen LogP contribution in [-0.4, -0.2) is 11.8 Å². The third-order valence-electron chi connectivity index (χ3n) is 6.32. The maximum Gasteiger partial charge on any atom is 0.376 e. The lowest BCUT2D eigenvalue weighted by Crippen LogP contribution is -2.48.